The molecule has 0 spiro atoms. The van der Waals surface area contributed by atoms with Gasteiger partial charge in [0, 0.05) is 5.69 Å². The van der Waals surface area contributed by atoms with Crippen molar-refractivity contribution in [2.24, 2.45) is 0 Å². The highest BCUT2D eigenvalue weighted by Crippen LogP contribution is 2.30. The van der Waals surface area contributed by atoms with Gasteiger partial charge in [0.25, 0.3) is 0 Å². The minimum absolute atomic E-state index is 0.367. The molecule has 6 nitrogen and oxygen atoms in total. The van der Waals surface area contributed by atoms with Crippen molar-refractivity contribution < 1.29 is 19.1 Å². The number of hydrogen-bond acceptors (Lipinski definition) is 4. The molecule has 0 aromatic heterocycles. The van der Waals surface area contributed by atoms with Crippen LogP contribution >= 0.6 is 0 Å². The smallest absolute Gasteiger partial charge is 0.313 e. The number of para-hydroxylation sites is 1. The zero-order chi connectivity index (χ0) is 21.2. The maximum Gasteiger partial charge on any atom is 0.313 e. The number of aryl methyl sites for hydroxylation is 1. The minimum atomic E-state index is -0.700. The fraction of sp³-hybridized carbons (Fsp3) is 0.391. The number of carbonyl (C=O) groups excluding carboxylic acids is 2. The summed E-state index contributed by atoms with van der Waals surface area (Å²) in [6.45, 7) is 6.46. The first kappa shape index (κ1) is 22.3. The number of hydrogen-bond donors (Lipinski definition) is 2. The van der Waals surface area contributed by atoms with Gasteiger partial charge in [-0.1, -0.05) is 44.0 Å². The number of methoxy groups -OCH3 is 1. The van der Waals surface area contributed by atoms with E-state index in [1.807, 2.05) is 44.2 Å². The number of unbranched alkanes of at least 4 members (excludes halogenated alkanes) is 2. The fourth-order valence-corrected chi connectivity index (χ4v) is 2.84. The van der Waals surface area contributed by atoms with Gasteiger partial charge in [-0.3, -0.25) is 9.59 Å². The highest BCUT2D eigenvalue weighted by atomic mass is 16.5. The largest absolute Gasteiger partial charge is 0.493 e. The van der Waals surface area contributed by atoms with Crippen LogP contribution in [0.15, 0.2) is 42.5 Å². The molecule has 0 heterocycles. The molecule has 2 aromatic rings. The van der Waals surface area contributed by atoms with Gasteiger partial charge in [-0.05, 0) is 49.6 Å². The predicted molar refractivity (Wildman–Crippen MR) is 114 cm³/mol. The summed E-state index contributed by atoms with van der Waals surface area (Å²) in [5.41, 5.74) is 2.33. The van der Waals surface area contributed by atoms with Gasteiger partial charge in [0.1, 0.15) is 0 Å². The first-order valence-corrected chi connectivity index (χ1v) is 9.94. The van der Waals surface area contributed by atoms with E-state index in [1.54, 1.807) is 19.2 Å². The van der Waals surface area contributed by atoms with Crippen LogP contribution in [0.5, 0.6) is 11.5 Å². The van der Waals surface area contributed by atoms with E-state index in [0.717, 1.165) is 30.4 Å². The molecule has 2 rings (SSSR count). The Morgan fingerprint density at radius 3 is 2.48 bits per heavy atom. The summed E-state index contributed by atoms with van der Waals surface area (Å²) >= 11 is 0. The van der Waals surface area contributed by atoms with Gasteiger partial charge < -0.3 is 20.1 Å². The molecule has 0 saturated carbocycles. The topological polar surface area (TPSA) is 76.7 Å². The molecule has 2 N–H and O–H groups in total. The zero-order valence-electron chi connectivity index (χ0n) is 17.6. The number of nitrogens with one attached hydrogen (secondary N) is 2. The van der Waals surface area contributed by atoms with Crippen molar-refractivity contribution in [2.45, 2.75) is 46.1 Å². The molecule has 1 unspecified atom stereocenters. The van der Waals surface area contributed by atoms with Gasteiger partial charge in [0.15, 0.2) is 11.5 Å². The Morgan fingerprint density at radius 1 is 1.03 bits per heavy atom. The van der Waals surface area contributed by atoms with Crippen LogP contribution in [-0.2, 0) is 9.59 Å². The first-order valence-electron chi connectivity index (χ1n) is 9.94. The van der Waals surface area contributed by atoms with E-state index in [1.165, 1.54) is 0 Å². The summed E-state index contributed by atoms with van der Waals surface area (Å²) in [4.78, 5) is 24.5. The molecule has 29 heavy (non-hydrogen) atoms. The molecule has 6 heteroatoms. The summed E-state index contributed by atoms with van der Waals surface area (Å²) in [5, 5.41) is 5.36. The minimum Gasteiger partial charge on any atom is -0.493 e. The van der Waals surface area contributed by atoms with Gasteiger partial charge in [-0.25, -0.2) is 0 Å². The number of ether oxygens (including phenoxy) is 2. The lowest BCUT2D eigenvalue weighted by molar-refractivity contribution is -0.136. The van der Waals surface area contributed by atoms with Crippen molar-refractivity contribution in [2.75, 3.05) is 19.0 Å². The molecular weight excluding hydrogens is 368 g/mol. The number of amides is 2. The highest BCUT2D eigenvalue weighted by molar-refractivity contribution is 6.39. The number of rotatable bonds is 9. The summed E-state index contributed by atoms with van der Waals surface area (Å²) in [7, 11) is 1.58. The lowest BCUT2D eigenvalue weighted by Crippen LogP contribution is -2.37. The maximum absolute atomic E-state index is 12.3. The second-order valence-electron chi connectivity index (χ2n) is 6.93. The van der Waals surface area contributed by atoms with Gasteiger partial charge in [-0.15, -0.1) is 0 Å². The third-order valence-corrected chi connectivity index (χ3v) is 4.64. The van der Waals surface area contributed by atoms with E-state index in [4.69, 9.17) is 9.47 Å². The van der Waals surface area contributed by atoms with Gasteiger partial charge in [0.2, 0.25) is 0 Å². The van der Waals surface area contributed by atoms with Gasteiger partial charge in [-0.2, -0.15) is 0 Å². The SMILES string of the molecule is CCCCCOc1ccc(C(C)NC(=O)C(=O)Nc2ccccc2C)cc1OC. The Morgan fingerprint density at radius 2 is 1.79 bits per heavy atom. The van der Waals surface area contributed by atoms with Crippen LogP contribution in [0.25, 0.3) is 0 Å². The Bertz CT molecular complexity index is 835. The third-order valence-electron chi connectivity index (χ3n) is 4.64. The van der Waals surface area contributed by atoms with E-state index in [-0.39, 0.29) is 6.04 Å². The normalized spacial score (nSPS) is 11.4. The third kappa shape index (κ3) is 6.52. The van der Waals surface area contributed by atoms with Crippen molar-refractivity contribution in [3.8, 4) is 11.5 Å². The summed E-state index contributed by atoms with van der Waals surface area (Å²) in [5.74, 6) is -0.124. The van der Waals surface area contributed by atoms with Crippen LogP contribution < -0.4 is 20.1 Å². The maximum atomic E-state index is 12.3. The van der Waals surface area contributed by atoms with Crippen molar-refractivity contribution >= 4 is 17.5 Å². The van der Waals surface area contributed by atoms with E-state index < -0.39 is 11.8 Å². The molecule has 1 atom stereocenters. The Balaban J connectivity index is 1.98. The molecule has 0 fully saturated rings. The summed E-state index contributed by atoms with van der Waals surface area (Å²) in [6, 6.07) is 12.5. The lowest BCUT2D eigenvalue weighted by atomic mass is 10.1. The standard InChI is InChI=1S/C23H30N2O4/c1-5-6-9-14-29-20-13-12-18(15-21(20)28-4)17(3)24-22(26)23(27)25-19-11-8-7-10-16(19)2/h7-8,10-13,15,17H,5-6,9,14H2,1-4H3,(H,24,26)(H,25,27). The summed E-state index contributed by atoms with van der Waals surface area (Å²) in [6.07, 6.45) is 3.24. The second kappa shape index (κ2) is 11.1. The molecule has 0 radical (unpaired) electrons. The Kier molecular flexibility index (Phi) is 8.52. The highest BCUT2D eigenvalue weighted by Gasteiger charge is 2.19. The second-order valence-corrected chi connectivity index (χ2v) is 6.93. The van der Waals surface area contributed by atoms with Crippen molar-refractivity contribution in [3.63, 3.8) is 0 Å². The molecular formula is C23H30N2O4. The molecule has 2 amide bonds. The molecule has 0 saturated heterocycles. The predicted octanol–water partition coefficient (Wildman–Crippen LogP) is 4.39. The van der Waals surface area contributed by atoms with E-state index in [9.17, 15) is 9.59 Å². The first-order chi connectivity index (χ1) is 14.0. The molecule has 0 aliphatic carbocycles. The molecule has 156 valence electrons. The van der Waals surface area contributed by atoms with Crippen LogP contribution in [0.2, 0.25) is 0 Å². The molecule has 2 aromatic carbocycles. The van der Waals surface area contributed by atoms with Crippen molar-refractivity contribution in [1.29, 1.82) is 0 Å². The Hall–Kier alpha value is -3.02. The fourth-order valence-electron chi connectivity index (χ4n) is 2.84. The molecule has 0 aliphatic heterocycles. The van der Waals surface area contributed by atoms with Gasteiger partial charge >= 0.3 is 11.8 Å². The van der Waals surface area contributed by atoms with Crippen LogP contribution in [0.4, 0.5) is 5.69 Å². The van der Waals surface area contributed by atoms with Crippen molar-refractivity contribution in [1.82, 2.24) is 5.32 Å². The lowest BCUT2D eigenvalue weighted by Gasteiger charge is -2.17. The van der Waals surface area contributed by atoms with Crippen LogP contribution in [0.1, 0.15) is 50.3 Å². The van der Waals surface area contributed by atoms with E-state index >= 15 is 0 Å². The van der Waals surface area contributed by atoms with Crippen LogP contribution in [0, 0.1) is 6.92 Å². The monoisotopic (exact) mass is 398 g/mol. The van der Waals surface area contributed by atoms with E-state index in [0.29, 0.717) is 23.8 Å². The Labute approximate surface area is 172 Å². The van der Waals surface area contributed by atoms with E-state index in [2.05, 4.69) is 17.6 Å². The summed E-state index contributed by atoms with van der Waals surface area (Å²) < 4.78 is 11.2. The van der Waals surface area contributed by atoms with Gasteiger partial charge in [0.05, 0.1) is 19.8 Å². The average Bonchev–Trinajstić information content (AvgIpc) is 2.72. The number of anilines is 1. The van der Waals surface area contributed by atoms with Crippen LogP contribution in [-0.4, -0.2) is 25.5 Å². The van der Waals surface area contributed by atoms with Crippen molar-refractivity contribution in [3.05, 3.63) is 53.6 Å². The zero-order valence-corrected chi connectivity index (χ0v) is 17.6. The quantitative estimate of drug-likeness (QED) is 0.485. The number of benzene rings is 2. The average molecular weight is 399 g/mol. The number of carbonyl (C=O) groups is 2. The molecule has 0 bridgehead atoms. The van der Waals surface area contributed by atoms with Crippen LogP contribution in [0.3, 0.4) is 0 Å². The molecule has 0 aliphatic rings.